The summed E-state index contributed by atoms with van der Waals surface area (Å²) in [7, 11) is 0. The minimum Gasteiger partial charge on any atom is -0.494 e. The van der Waals surface area contributed by atoms with Crippen LogP contribution in [-0.2, 0) is 16.1 Å². The first-order valence-corrected chi connectivity index (χ1v) is 14.1. The number of ether oxygens (including phenoxy) is 2. The standard InChI is InChI=1S/C29H30N4O6S/c1-2-37-21-10-8-20(9-11-21)31-26(34)18-40-29-32-25-15-19(27(35)30-16-22-5-3-13-38-22)7-12-24(25)28(36)33(29)17-23-6-4-14-39-23/h4,6-12,14-15,22H,2-3,5,13,16-18H2,1H3,(H,30,35)(H,31,34). The highest BCUT2D eigenvalue weighted by Gasteiger charge is 2.19. The summed E-state index contributed by atoms with van der Waals surface area (Å²) in [6, 6.07) is 15.4. The number of thioether (sulfide) groups is 1. The molecule has 0 radical (unpaired) electrons. The fraction of sp³-hybridized carbons (Fsp3) is 0.310. The summed E-state index contributed by atoms with van der Waals surface area (Å²) < 4.78 is 18.0. The van der Waals surface area contributed by atoms with E-state index in [1.807, 2.05) is 6.92 Å². The maximum Gasteiger partial charge on any atom is 0.262 e. The second-order valence-electron chi connectivity index (χ2n) is 9.24. The number of hydrogen-bond donors (Lipinski definition) is 2. The van der Waals surface area contributed by atoms with Crippen LogP contribution in [0.15, 0.2) is 75.2 Å². The van der Waals surface area contributed by atoms with Crippen molar-refractivity contribution in [1.29, 1.82) is 0 Å². The molecule has 0 bridgehead atoms. The molecule has 2 aromatic heterocycles. The summed E-state index contributed by atoms with van der Waals surface area (Å²) >= 11 is 1.13. The molecule has 4 aromatic rings. The number of furan rings is 1. The second-order valence-corrected chi connectivity index (χ2v) is 10.2. The van der Waals surface area contributed by atoms with Crippen LogP contribution in [0.1, 0.15) is 35.9 Å². The van der Waals surface area contributed by atoms with Gasteiger partial charge < -0.3 is 24.5 Å². The molecule has 2 aromatic carbocycles. The van der Waals surface area contributed by atoms with E-state index in [0.29, 0.717) is 52.8 Å². The number of benzene rings is 2. The first-order valence-electron chi connectivity index (χ1n) is 13.1. The van der Waals surface area contributed by atoms with E-state index >= 15 is 0 Å². The largest absolute Gasteiger partial charge is 0.494 e. The number of nitrogens with one attached hydrogen (secondary N) is 2. The zero-order valence-electron chi connectivity index (χ0n) is 22.1. The van der Waals surface area contributed by atoms with Gasteiger partial charge in [0, 0.05) is 24.4 Å². The lowest BCUT2D eigenvalue weighted by atomic mass is 10.1. The number of anilines is 1. The number of nitrogens with zero attached hydrogens (tertiary/aromatic N) is 2. The smallest absolute Gasteiger partial charge is 0.262 e. The Labute approximate surface area is 235 Å². The SMILES string of the molecule is CCOc1ccc(NC(=O)CSc2nc3cc(C(=O)NCC4CCCO4)ccc3c(=O)n2Cc2ccco2)cc1. The molecule has 0 spiro atoms. The predicted octanol–water partition coefficient (Wildman–Crippen LogP) is 4.08. The molecule has 3 heterocycles. The van der Waals surface area contributed by atoms with Crippen LogP contribution < -0.4 is 20.9 Å². The van der Waals surface area contributed by atoms with E-state index in [9.17, 15) is 14.4 Å². The van der Waals surface area contributed by atoms with E-state index < -0.39 is 0 Å². The molecule has 1 unspecified atom stereocenters. The molecule has 40 heavy (non-hydrogen) atoms. The van der Waals surface area contributed by atoms with Gasteiger partial charge in [0.2, 0.25) is 5.91 Å². The van der Waals surface area contributed by atoms with Crippen molar-refractivity contribution < 1.29 is 23.5 Å². The Morgan fingerprint density at radius 3 is 2.75 bits per heavy atom. The third kappa shape index (κ3) is 6.72. The third-order valence-corrected chi connectivity index (χ3v) is 7.35. The Bertz CT molecular complexity index is 1530. The van der Waals surface area contributed by atoms with Gasteiger partial charge in [-0.25, -0.2) is 4.98 Å². The Morgan fingerprint density at radius 1 is 1.18 bits per heavy atom. The zero-order valence-corrected chi connectivity index (χ0v) is 22.9. The van der Waals surface area contributed by atoms with Crippen LogP contribution in [-0.4, -0.2) is 53.0 Å². The van der Waals surface area contributed by atoms with Crippen molar-refractivity contribution in [2.45, 2.75) is 37.6 Å². The lowest BCUT2D eigenvalue weighted by molar-refractivity contribution is -0.113. The number of aromatic nitrogens is 2. The highest BCUT2D eigenvalue weighted by atomic mass is 32.2. The average molecular weight is 563 g/mol. The summed E-state index contributed by atoms with van der Waals surface area (Å²) in [4.78, 5) is 43.7. The molecule has 2 N–H and O–H groups in total. The van der Waals surface area contributed by atoms with E-state index in [4.69, 9.17) is 18.9 Å². The minimum absolute atomic E-state index is 0.0187. The molecule has 10 nitrogen and oxygen atoms in total. The van der Waals surface area contributed by atoms with Gasteiger partial charge in [0.05, 0.1) is 42.2 Å². The Balaban J connectivity index is 1.36. The summed E-state index contributed by atoms with van der Waals surface area (Å²) in [5, 5.41) is 6.45. The molecule has 0 aliphatic carbocycles. The van der Waals surface area contributed by atoms with E-state index in [1.165, 1.54) is 10.8 Å². The van der Waals surface area contributed by atoms with Crippen molar-refractivity contribution in [2.75, 3.05) is 30.8 Å². The molecule has 11 heteroatoms. The number of carbonyl (C=O) groups is 2. The number of carbonyl (C=O) groups excluding carboxylic acids is 2. The van der Waals surface area contributed by atoms with Crippen molar-refractivity contribution in [1.82, 2.24) is 14.9 Å². The number of rotatable bonds is 11. The molecule has 1 fully saturated rings. The highest BCUT2D eigenvalue weighted by Crippen LogP contribution is 2.22. The molecular weight excluding hydrogens is 532 g/mol. The third-order valence-electron chi connectivity index (χ3n) is 6.37. The van der Waals surface area contributed by atoms with Crippen LogP contribution in [0.5, 0.6) is 5.75 Å². The van der Waals surface area contributed by atoms with Crippen molar-refractivity contribution >= 4 is 40.2 Å². The summed E-state index contributed by atoms with van der Waals surface area (Å²) in [5.41, 5.74) is 1.11. The number of fused-ring (bicyclic) bond motifs is 1. The highest BCUT2D eigenvalue weighted by molar-refractivity contribution is 7.99. The van der Waals surface area contributed by atoms with Crippen molar-refractivity contribution in [3.63, 3.8) is 0 Å². The fourth-order valence-corrected chi connectivity index (χ4v) is 5.19. The van der Waals surface area contributed by atoms with Crippen LogP contribution in [0.2, 0.25) is 0 Å². The van der Waals surface area contributed by atoms with Gasteiger partial charge in [-0.05, 0) is 74.4 Å². The van der Waals surface area contributed by atoms with Crippen LogP contribution in [0, 0.1) is 0 Å². The molecule has 0 saturated carbocycles. The predicted molar refractivity (Wildman–Crippen MR) is 152 cm³/mol. The molecule has 208 valence electrons. The molecular formula is C29H30N4O6S. The summed E-state index contributed by atoms with van der Waals surface area (Å²) in [6.45, 7) is 3.76. The minimum atomic E-state index is -0.290. The van der Waals surface area contributed by atoms with Gasteiger partial charge >= 0.3 is 0 Å². The topological polar surface area (TPSA) is 125 Å². The molecule has 1 aliphatic heterocycles. The first kappa shape index (κ1) is 27.5. The molecule has 1 saturated heterocycles. The summed E-state index contributed by atoms with van der Waals surface area (Å²) in [5.74, 6) is 0.801. The van der Waals surface area contributed by atoms with Gasteiger partial charge in [-0.15, -0.1) is 0 Å². The molecule has 1 aliphatic rings. The van der Waals surface area contributed by atoms with Crippen LogP contribution in [0.25, 0.3) is 10.9 Å². The maximum atomic E-state index is 13.5. The quantitative estimate of drug-likeness (QED) is 0.207. The monoisotopic (exact) mass is 562 g/mol. The maximum absolute atomic E-state index is 13.5. The van der Waals surface area contributed by atoms with E-state index in [-0.39, 0.29) is 35.8 Å². The van der Waals surface area contributed by atoms with E-state index in [0.717, 1.165) is 30.4 Å². The van der Waals surface area contributed by atoms with Gasteiger partial charge in [0.1, 0.15) is 11.5 Å². The van der Waals surface area contributed by atoms with Gasteiger partial charge in [0.25, 0.3) is 11.5 Å². The van der Waals surface area contributed by atoms with Crippen molar-refractivity contribution in [3.8, 4) is 5.75 Å². The van der Waals surface area contributed by atoms with Gasteiger partial charge in [0.15, 0.2) is 5.16 Å². The normalized spacial score (nSPS) is 14.8. The van der Waals surface area contributed by atoms with Crippen LogP contribution in [0.4, 0.5) is 5.69 Å². The summed E-state index contributed by atoms with van der Waals surface area (Å²) in [6.07, 6.45) is 3.46. The molecule has 1 atom stereocenters. The zero-order chi connectivity index (χ0) is 27.9. The average Bonchev–Trinajstić information content (AvgIpc) is 3.68. The Morgan fingerprint density at radius 2 is 2.02 bits per heavy atom. The van der Waals surface area contributed by atoms with E-state index in [1.54, 1.807) is 54.6 Å². The molecule has 2 amide bonds. The Hall–Kier alpha value is -4.09. The second kappa shape index (κ2) is 12.8. The van der Waals surface area contributed by atoms with Gasteiger partial charge in [-0.1, -0.05) is 11.8 Å². The van der Waals surface area contributed by atoms with Crippen LogP contribution >= 0.6 is 11.8 Å². The first-order chi connectivity index (χ1) is 19.5. The van der Waals surface area contributed by atoms with Crippen LogP contribution in [0.3, 0.4) is 0 Å². The number of amides is 2. The number of hydrogen-bond acceptors (Lipinski definition) is 8. The fourth-order valence-electron chi connectivity index (χ4n) is 4.39. The molecule has 5 rings (SSSR count). The van der Waals surface area contributed by atoms with Crippen molar-refractivity contribution in [2.24, 2.45) is 0 Å². The lowest BCUT2D eigenvalue weighted by Crippen LogP contribution is -2.31. The Kier molecular flexibility index (Phi) is 8.82. The van der Waals surface area contributed by atoms with Gasteiger partial charge in [-0.2, -0.15) is 0 Å². The van der Waals surface area contributed by atoms with Gasteiger partial charge in [-0.3, -0.25) is 19.0 Å². The lowest BCUT2D eigenvalue weighted by Gasteiger charge is -2.14. The van der Waals surface area contributed by atoms with Crippen molar-refractivity contribution in [3.05, 3.63) is 82.5 Å². The van der Waals surface area contributed by atoms with E-state index in [2.05, 4.69) is 10.6 Å².